The molecule has 0 aromatic heterocycles. The molecule has 1 aliphatic carbocycles. The van der Waals surface area contributed by atoms with Gasteiger partial charge in [-0.3, -0.25) is 0 Å². The third-order valence-corrected chi connectivity index (χ3v) is 2.75. The Labute approximate surface area is 94.4 Å². The van der Waals surface area contributed by atoms with E-state index in [0.29, 0.717) is 11.7 Å². The smallest absolute Gasteiger partial charge is 0.143 e. The molecule has 0 saturated carbocycles. The van der Waals surface area contributed by atoms with E-state index in [1.807, 2.05) is 6.07 Å². The number of halogens is 1. The maximum absolute atomic E-state index is 13.3. The van der Waals surface area contributed by atoms with Crippen molar-refractivity contribution in [3.8, 4) is 6.07 Å². The van der Waals surface area contributed by atoms with Gasteiger partial charge in [0.15, 0.2) is 0 Å². The summed E-state index contributed by atoms with van der Waals surface area (Å²) in [5.74, 6) is -0.459. The second-order valence-corrected chi connectivity index (χ2v) is 3.90. The number of allylic oxidation sites excluding steroid dienone is 1. The molecule has 3 heteroatoms. The topological polar surface area (TPSA) is 35.8 Å². The van der Waals surface area contributed by atoms with Crippen molar-refractivity contribution in [3.05, 3.63) is 41.7 Å². The largest absolute Gasteiger partial charge is 0.381 e. The molecule has 0 saturated heterocycles. The van der Waals surface area contributed by atoms with Gasteiger partial charge in [-0.15, -0.1) is 0 Å². The molecule has 0 aliphatic heterocycles. The Kier molecular flexibility index (Phi) is 3.21. The van der Waals surface area contributed by atoms with Gasteiger partial charge in [-0.25, -0.2) is 4.39 Å². The molecule has 0 heterocycles. The van der Waals surface area contributed by atoms with Crippen molar-refractivity contribution in [2.75, 3.05) is 5.32 Å². The Morgan fingerprint density at radius 2 is 2.25 bits per heavy atom. The molecule has 0 amide bonds. The quantitative estimate of drug-likeness (QED) is 0.770. The van der Waals surface area contributed by atoms with Gasteiger partial charge in [0, 0.05) is 6.04 Å². The van der Waals surface area contributed by atoms with E-state index in [1.165, 1.54) is 6.07 Å². The van der Waals surface area contributed by atoms with Crippen LogP contribution in [0.2, 0.25) is 0 Å². The van der Waals surface area contributed by atoms with Crippen LogP contribution in [-0.4, -0.2) is 6.04 Å². The maximum atomic E-state index is 13.3. The number of anilines is 1. The van der Waals surface area contributed by atoms with Gasteiger partial charge in [-0.2, -0.15) is 5.26 Å². The van der Waals surface area contributed by atoms with Crippen LogP contribution in [0.1, 0.15) is 24.8 Å². The molecule has 1 aliphatic rings. The van der Waals surface area contributed by atoms with Crippen LogP contribution >= 0.6 is 0 Å². The molecule has 82 valence electrons. The first-order valence-corrected chi connectivity index (χ1v) is 5.41. The lowest BCUT2D eigenvalue weighted by atomic mass is 10.0. The molecule has 2 rings (SSSR count). The molecule has 1 atom stereocenters. The summed E-state index contributed by atoms with van der Waals surface area (Å²) in [4.78, 5) is 0. The summed E-state index contributed by atoms with van der Waals surface area (Å²) in [6.07, 6.45) is 7.26. The Balaban J connectivity index is 2.18. The minimum absolute atomic E-state index is 0.108. The lowest BCUT2D eigenvalue weighted by molar-refractivity contribution is 0.619. The van der Waals surface area contributed by atoms with E-state index in [9.17, 15) is 4.39 Å². The summed E-state index contributed by atoms with van der Waals surface area (Å²) in [5.41, 5.74) is 0.708. The minimum Gasteiger partial charge on any atom is -0.381 e. The predicted molar refractivity (Wildman–Crippen MR) is 61.5 cm³/mol. The molecule has 1 aromatic rings. The summed E-state index contributed by atoms with van der Waals surface area (Å²) < 4.78 is 13.3. The van der Waals surface area contributed by atoms with Crippen molar-refractivity contribution < 1.29 is 4.39 Å². The van der Waals surface area contributed by atoms with E-state index >= 15 is 0 Å². The van der Waals surface area contributed by atoms with Crippen molar-refractivity contribution in [2.24, 2.45) is 0 Å². The Morgan fingerprint density at radius 3 is 2.94 bits per heavy atom. The third-order valence-electron chi connectivity index (χ3n) is 2.75. The van der Waals surface area contributed by atoms with E-state index in [1.54, 1.807) is 12.1 Å². The molecular weight excluding hydrogens is 203 g/mol. The average molecular weight is 216 g/mol. The molecule has 1 unspecified atom stereocenters. The zero-order chi connectivity index (χ0) is 11.4. The summed E-state index contributed by atoms with van der Waals surface area (Å²) >= 11 is 0. The number of hydrogen-bond donors (Lipinski definition) is 1. The fourth-order valence-corrected chi connectivity index (χ4v) is 1.90. The van der Waals surface area contributed by atoms with Crippen LogP contribution in [0.4, 0.5) is 10.1 Å². The lowest BCUT2D eigenvalue weighted by Gasteiger charge is -2.21. The molecule has 0 fully saturated rings. The van der Waals surface area contributed by atoms with Crippen LogP contribution < -0.4 is 5.32 Å². The Bertz CT molecular complexity index is 446. The molecule has 1 aromatic carbocycles. The van der Waals surface area contributed by atoms with E-state index in [-0.39, 0.29) is 5.56 Å². The summed E-state index contributed by atoms with van der Waals surface area (Å²) in [6.45, 7) is 0. The van der Waals surface area contributed by atoms with E-state index in [2.05, 4.69) is 17.5 Å². The first-order chi connectivity index (χ1) is 7.81. The second-order valence-electron chi connectivity index (χ2n) is 3.90. The fraction of sp³-hybridized carbons (Fsp3) is 0.308. The van der Waals surface area contributed by atoms with Gasteiger partial charge in [0.2, 0.25) is 0 Å². The SMILES string of the molecule is N#Cc1c(F)cccc1NC1CC=CCC1. The zero-order valence-corrected chi connectivity index (χ0v) is 8.91. The Morgan fingerprint density at radius 1 is 1.38 bits per heavy atom. The number of benzene rings is 1. The van der Waals surface area contributed by atoms with E-state index in [4.69, 9.17) is 5.26 Å². The molecular formula is C13H13FN2. The number of rotatable bonds is 2. The number of hydrogen-bond acceptors (Lipinski definition) is 2. The highest BCUT2D eigenvalue weighted by Gasteiger charge is 2.13. The number of nitrogens with one attached hydrogen (secondary N) is 1. The van der Waals surface area contributed by atoms with Crippen LogP contribution in [0.15, 0.2) is 30.4 Å². The van der Waals surface area contributed by atoms with Gasteiger partial charge in [0.25, 0.3) is 0 Å². The van der Waals surface area contributed by atoms with Crippen LogP contribution in [0, 0.1) is 17.1 Å². The van der Waals surface area contributed by atoms with Crippen molar-refractivity contribution in [1.82, 2.24) is 0 Å². The second kappa shape index (κ2) is 4.80. The number of nitriles is 1. The van der Waals surface area contributed by atoms with Crippen molar-refractivity contribution in [3.63, 3.8) is 0 Å². The zero-order valence-electron chi connectivity index (χ0n) is 8.91. The molecule has 0 radical (unpaired) electrons. The van der Waals surface area contributed by atoms with Gasteiger partial charge in [0.1, 0.15) is 17.4 Å². The van der Waals surface area contributed by atoms with Crippen molar-refractivity contribution >= 4 is 5.69 Å². The Hall–Kier alpha value is -1.82. The highest BCUT2D eigenvalue weighted by atomic mass is 19.1. The number of nitrogens with zero attached hydrogens (tertiary/aromatic N) is 1. The van der Waals surface area contributed by atoms with E-state index in [0.717, 1.165) is 19.3 Å². The standard InChI is InChI=1S/C13H13FN2/c14-12-7-4-8-13(11(12)9-15)16-10-5-2-1-3-6-10/h1-2,4,7-8,10,16H,3,5-6H2. The highest BCUT2D eigenvalue weighted by molar-refractivity contribution is 5.58. The molecule has 1 N–H and O–H groups in total. The molecule has 0 spiro atoms. The third kappa shape index (κ3) is 2.22. The van der Waals surface area contributed by atoms with Gasteiger partial charge in [-0.05, 0) is 31.4 Å². The van der Waals surface area contributed by atoms with Gasteiger partial charge >= 0.3 is 0 Å². The monoisotopic (exact) mass is 216 g/mol. The normalized spacial score (nSPS) is 19.1. The maximum Gasteiger partial charge on any atom is 0.143 e. The minimum atomic E-state index is -0.459. The summed E-state index contributed by atoms with van der Waals surface area (Å²) in [5, 5.41) is 12.1. The molecule has 2 nitrogen and oxygen atoms in total. The van der Waals surface area contributed by atoms with Crippen LogP contribution in [0.5, 0.6) is 0 Å². The first kappa shape index (κ1) is 10.7. The van der Waals surface area contributed by atoms with Gasteiger partial charge in [-0.1, -0.05) is 18.2 Å². The lowest BCUT2D eigenvalue weighted by Crippen LogP contribution is -2.21. The van der Waals surface area contributed by atoms with Gasteiger partial charge in [0.05, 0.1) is 5.69 Å². The van der Waals surface area contributed by atoms with Gasteiger partial charge < -0.3 is 5.32 Å². The van der Waals surface area contributed by atoms with Crippen LogP contribution in [0.25, 0.3) is 0 Å². The first-order valence-electron chi connectivity index (χ1n) is 5.41. The predicted octanol–water partition coefficient (Wildman–Crippen LogP) is 3.22. The molecule has 0 bridgehead atoms. The average Bonchev–Trinajstić information content (AvgIpc) is 2.31. The van der Waals surface area contributed by atoms with E-state index < -0.39 is 5.82 Å². The fourth-order valence-electron chi connectivity index (χ4n) is 1.90. The van der Waals surface area contributed by atoms with Crippen molar-refractivity contribution in [1.29, 1.82) is 5.26 Å². The summed E-state index contributed by atoms with van der Waals surface area (Å²) in [6, 6.07) is 6.88. The van der Waals surface area contributed by atoms with Crippen molar-refractivity contribution in [2.45, 2.75) is 25.3 Å². The summed E-state index contributed by atoms with van der Waals surface area (Å²) in [7, 11) is 0. The highest BCUT2D eigenvalue weighted by Crippen LogP contribution is 2.22. The molecule has 16 heavy (non-hydrogen) atoms. The van der Waals surface area contributed by atoms with Crippen LogP contribution in [-0.2, 0) is 0 Å². The van der Waals surface area contributed by atoms with Crippen LogP contribution in [0.3, 0.4) is 0 Å².